The highest BCUT2D eigenvalue weighted by Crippen LogP contribution is 1.99. The van der Waals surface area contributed by atoms with Crippen molar-refractivity contribution in [1.29, 1.82) is 0 Å². The molecule has 0 atom stereocenters. The molecule has 0 amide bonds. The molecule has 0 unspecified atom stereocenters. The maximum absolute atomic E-state index is 10.4. The average Bonchev–Trinajstić information content (AvgIpc) is 2.34. The van der Waals surface area contributed by atoms with E-state index in [1.165, 1.54) is 0 Å². The zero-order valence-corrected chi connectivity index (χ0v) is 12.0. The number of halogens is 1. The lowest BCUT2D eigenvalue weighted by Crippen LogP contribution is -2.10. The van der Waals surface area contributed by atoms with Crippen molar-refractivity contribution < 1.29 is 19.0 Å². The number of rotatable bonds is 14. The fraction of sp³-hybridized carbons (Fsp3) is 0.923. The summed E-state index contributed by atoms with van der Waals surface area (Å²) in [7, 11) is 0. The van der Waals surface area contributed by atoms with Crippen LogP contribution in [0.2, 0.25) is 0 Å². The van der Waals surface area contributed by atoms with Crippen molar-refractivity contribution in [3.63, 3.8) is 0 Å². The van der Waals surface area contributed by atoms with Gasteiger partial charge in [-0.05, 0) is 30.9 Å². The number of carbonyl (C=O) groups is 1. The van der Waals surface area contributed by atoms with E-state index in [2.05, 4.69) is 6.92 Å². The molecule has 0 bridgehead atoms. The molecule has 4 nitrogen and oxygen atoms in total. The van der Waals surface area contributed by atoms with E-state index in [1.807, 2.05) is 0 Å². The number of hydrogen-bond acceptors (Lipinski definition) is 4. The van der Waals surface area contributed by atoms with Crippen molar-refractivity contribution in [3.8, 4) is 0 Å². The summed E-state index contributed by atoms with van der Waals surface area (Å²) in [5.41, 5.74) is 0. The monoisotopic (exact) mass is 280 g/mol. The van der Waals surface area contributed by atoms with Crippen LogP contribution in [0.5, 0.6) is 0 Å². The molecule has 0 saturated heterocycles. The van der Waals surface area contributed by atoms with E-state index < -0.39 is 0 Å². The molecule has 108 valence electrons. The van der Waals surface area contributed by atoms with E-state index in [1.54, 1.807) is 0 Å². The Morgan fingerprint density at radius 3 is 1.83 bits per heavy atom. The van der Waals surface area contributed by atoms with E-state index in [-0.39, 0.29) is 5.24 Å². The zero-order chi connectivity index (χ0) is 13.5. The van der Waals surface area contributed by atoms with Gasteiger partial charge in [0.05, 0.1) is 26.4 Å². The molecule has 0 aliphatic heterocycles. The number of ether oxygens (including phenoxy) is 3. The van der Waals surface area contributed by atoms with E-state index in [0.29, 0.717) is 39.5 Å². The van der Waals surface area contributed by atoms with Crippen LogP contribution in [0.15, 0.2) is 0 Å². The first-order valence-corrected chi connectivity index (χ1v) is 7.06. The molecule has 0 aliphatic carbocycles. The molecular weight excluding hydrogens is 256 g/mol. The lowest BCUT2D eigenvalue weighted by atomic mass is 10.2. The first kappa shape index (κ1) is 17.8. The van der Waals surface area contributed by atoms with Gasteiger partial charge in [0.1, 0.15) is 0 Å². The van der Waals surface area contributed by atoms with Crippen molar-refractivity contribution in [2.75, 3.05) is 39.6 Å². The molecule has 0 fully saturated rings. The molecule has 0 aliphatic rings. The predicted molar refractivity (Wildman–Crippen MR) is 72.1 cm³/mol. The van der Waals surface area contributed by atoms with Gasteiger partial charge >= 0.3 is 0 Å². The Morgan fingerprint density at radius 1 is 0.833 bits per heavy atom. The van der Waals surface area contributed by atoms with E-state index in [4.69, 9.17) is 25.8 Å². The lowest BCUT2D eigenvalue weighted by Gasteiger charge is -2.06. The van der Waals surface area contributed by atoms with Crippen molar-refractivity contribution in [1.82, 2.24) is 0 Å². The summed E-state index contributed by atoms with van der Waals surface area (Å²) in [5.74, 6) is 0. The van der Waals surface area contributed by atoms with Gasteiger partial charge in [-0.2, -0.15) is 0 Å². The van der Waals surface area contributed by atoms with Crippen LogP contribution in [-0.4, -0.2) is 44.9 Å². The summed E-state index contributed by atoms with van der Waals surface area (Å²) in [4.78, 5) is 10.4. The number of hydrogen-bond donors (Lipinski definition) is 0. The Kier molecular flexibility index (Phi) is 14.8. The van der Waals surface area contributed by atoms with Gasteiger partial charge in [-0.1, -0.05) is 13.3 Å². The van der Waals surface area contributed by atoms with Crippen molar-refractivity contribution in [2.45, 2.75) is 39.0 Å². The van der Waals surface area contributed by atoms with Crippen LogP contribution in [0.1, 0.15) is 39.0 Å². The molecule has 18 heavy (non-hydrogen) atoms. The van der Waals surface area contributed by atoms with Gasteiger partial charge in [0, 0.05) is 19.6 Å². The second-order valence-corrected chi connectivity index (χ2v) is 4.42. The lowest BCUT2D eigenvalue weighted by molar-refractivity contribution is -0.111. The fourth-order valence-electron chi connectivity index (χ4n) is 1.26. The molecule has 0 spiro atoms. The molecule has 0 saturated carbocycles. The normalized spacial score (nSPS) is 10.8. The predicted octanol–water partition coefficient (Wildman–Crippen LogP) is 2.77. The van der Waals surface area contributed by atoms with Gasteiger partial charge in [-0.3, -0.25) is 4.79 Å². The average molecular weight is 281 g/mol. The first-order chi connectivity index (χ1) is 8.77. The molecule has 0 aromatic rings. The van der Waals surface area contributed by atoms with Crippen LogP contribution in [0.25, 0.3) is 0 Å². The minimum atomic E-state index is -0.276. The number of unbranched alkanes of at least 4 members (excludes halogenated alkanes) is 2. The van der Waals surface area contributed by atoms with E-state index in [0.717, 1.165) is 32.3 Å². The summed E-state index contributed by atoms with van der Waals surface area (Å²) < 4.78 is 16.0. The van der Waals surface area contributed by atoms with Crippen LogP contribution in [0.4, 0.5) is 0 Å². The standard InChI is InChI=1S/C13H25ClO4/c1-2-3-7-16-9-11-18-12-10-17-8-5-4-6-13(14)15/h2-12H2,1H3. The smallest absolute Gasteiger partial charge is 0.221 e. The molecule has 0 aromatic carbocycles. The third kappa shape index (κ3) is 15.8. The van der Waals surface area contributed by atoms with Gasteiger partial charge in [0.25, 0.3) is 0 Å². The second kappa shape index (κ2) is 14.9. The molecular formula is C13H25ClO4. The first-order valence-electron chi connectivity index (χ1n) is 6.69. The molecule has 5 heteroatoms. The second-order valence-electron chi connectivity index (χ2n) is 4.00. The topological polar surface area (TPSA) is 44.8 Å². The van der Waals surface area contributed by atoms with E-state index >= 15 is 0 Å². The fourth-order valence-corrected chi connectivity index (χ4v) is 1.39. The summed E-state index contributed by atoms with van der Waals surface area (Å²) in [6, 6.07) is 0. The van der Waals surface area contributed by atoms with Crippen LogP contribution < -0.4 is 0 Å². The van der Waals surface area contributed by atoms with Crippen LogP contribution in [0, 0.1) is 0 Å². The van der Waals surface area contributed by atoms with Gasteiger partial charge in [-0.25, -0.2) is 0 Å². The van der Waals surface area contributed by atoms with Crippen LogP contribution in [0.3, 0.4) is 0 Å². The quantitative estimate of drug-likeness (QED) is 0.363. The maximum Gasteiger partial charge on any atom is 0.221 e. The third-order valence-electron chi connectivity index (χ3n) is 2.30. The highest BCUT2D eigenvalue weighted by atomic mass is 35.5. The Morgan fingerprint density at radius 2 is 1.33 bits per heavy atom. The van der Waals surface area contributed by atoms with Crippen molar-refractivity contribution in [2.24, 2.45) is 0 Å². The minimum absolute atomic E-state index is 0.276. The van der Waals surface area contributed by atoms with E-state index in [9.17, 15) is 4.79 Å². The third-order valence-corrected chi connectivity index (χ3v) is 2.49. The Hall–Kier alpha value is -0.160. The minimum Gasteiger partial charge on any atom is -0.379 e. The Labute approximate surface area is 115 Å². The van der Waals surface area contributed by atoms with Gasteiger partial charge < -0.3 is 14.2 Å². The van der Waals surface area contributed by atoms with Gasteiger partial charge in [-0.15, -0.1) is 0 Å². The van der Waals surface area contributed by atoms with Gasteiger partial charge in [0.15, 0.2) is 0 Å². The largest absolute Gasteiger partial charge is 0.379 e. The number of carbonyl (C=O) groups excluding carboxylic acids is 1. The van der Waals surface area contributed by atoms with Gasteiger partial charge in [0.2, 0.25) is 5.24 Å². The molecule has 0 radical (unpaired) electrons. The maximum atomic E-state index is 10.4. The molecule has 0 N–H and O–H groups in total. The SMILES string of the molecule is CCCCOCCOCCOCCCCC(=O)Cl. The summed E-state index contributed by atoms with van der Waals surface area (Å²) >= 11 is 5.21. The summed E-state index contributed by atoms with van der Waals surface area (Å²) in [5, 5.41) is -0.276. The highest BCUT2D eigenvalue weighted by molar-refractivity contribution is 6.63. The molecule has 0 rings (SSSR count). The van der Waals surface area contributed by atoms with Crippen LogP contribution in [-0.2, 0) is 19.0 Å². The summed E-state index contributed by atoms with van der Waals surface area (Å²) in [6.45, 7) is 6.05. The van der Waals surface area contributed by atoms with Crippen molar-refractivity contribution in [3.05, 3.63) is 0 Å². The molecule has 0 heterocycles. The highest BCUT2D eigenvalue weighted by Gasteiger charge is 1.96. The van der Waals surface area contributed by atoms with Crippen molar-refractivity contribution >= 4 is 16.8 Å². The molecule has 0 aromatic heterocycles. The van der Waals surface area contributed by atoms with Crippen LogP contribution >= 0.6 is 11.6 Å². The zero-order valence-electron chi connectivity index (χ0n) is 11.3. The summed E-state index contributed by atoms with van der Waals surface area (Å²) in [6.07, 6.45) is 4.33. The Balaban J connectivity index is 2.92. The Bertz CT molecular complexity index is 188.